The summed E-state index contributed by atoms with van der Waals surface area (Å²) in [6, 6.07) is 15.5. The van der Waals surface area contributed by atoms with Crippen LogP contribution in [0.3, 0.4) is 0 Å². The Labute approximate surface area is 165 Å². The Balaban J connectivity index is 1.70. The van der Waals surface area contributed by atoms with Gasteiger partial charge in [-0.3, -0.25) is 4.90 Å². The molecule has 1 aliphatic rings. The molecule has 4 rings (SSSR count). The number of amides is 2. The molecule has 2 aromatic carbocycles. The Kier molecular flexibility index (Phi) is 4.76. The SMILES string of the molecule is Cc1ccccc1N1C(=O)NCc2nc(Sc3ccc(F)cc3Cl)ccc21. The van der Waals surface area contributed by atoms with Gasteiger partial charge in [0.25, 0.3) is 0 Å². The number of carbonyl (C=O) groups excluding carboxylic acids is 1. The molecule has 7 heteroatoms. The minimum absolute atomic E-state index is 0.180. The molecule has 0 radical (unpaired) electrons. The van der Waals surface area contributed by atoms with E-state index in [4.69, 9.17) is 11.6 Å². The fraction of sp³-hybridized carbons (Fsp3) is 0.100. The van der Waals surface area contributed by atoms with E-state index in [9.17, 15) is 9.18 Å². The van der Waals surface area contributed by atoms with E-state index < -0.39 is 0 Å². The molecule has 0 aliphatic carbocycles. The van der Waals surface area contributed by atoms with Crippen LogP contribution in [0.2, 0.25) is 5.02 Å². The van der Waals surface area contributed by atoms with E-state index in [1.165, 1.54) is 23.9 Å². The van der Waals surface area contributed by atoms with Crippen LogP contribution in [0.5, 0.6) is 0 Å². The smallest absolute Gasteiger partial charge is 0.326 e. The highest BCUT2D eigenvalue weighted by atomic mass is 35.5. The van der Waals surface area contributed by atoms with Gasteiger partial charge in [0, 0.05) is 4.90 Å². The first-order valence-corrected chi connectivity index (χ1v) is 9.49. The number of hydrogen-bond donors (Lipinski definition) is 1. The molecule has 2 heterocycles. The second-order valence-corrected chi connectivity index (χ2v) is 7.54. The van der Waals surface area contributed by atoms with E-state index in [2.05, 4.69) is 10.3 Å². The van der Waals surface area contributed by atoms with Crippen molar-refractivity contribution >= 4 is 40.8 Å². The number of nitrogens with zero attached hydrogens (tertiary/aromatic N) is 2. The highest BCUT2D eigenvalue weighted by molar-refractivity contribution is 7.99. The molecule has 1 aromatic heterocycles. The number of pyridine rings is 1. The molecule has 0 saturated heterocycles. The van der Waals surface area contributed by atoms with Crippen LogP contribution in [0.15, 0.2) is 64.5 Å². The van der Waals surface area contributed by atoms with Gasteiger partial charge in [-0.1, -0.05) is 41.6 Å². The van der Waals surface area contributed by atoms with Gasteiger partial charge in [0.2, 0.25) is 0 Å². The summed E-state index contributed by atoms with van der Waals surface area (Å²) in [4.78, 5) is 19.5. The Hall–Kier alpha value is -2.57. The molecule has 2 amide bonds. The van der Waals surface area contributed by atoms with Crippen LogP contribution in [0, 0.1) is 12.7 Å². The minimum atomic E-state index is -0.376. The van der Waals surface area contributed by atoms with Gasteiger partial charge in [-0.2, -0.15) is 0 Å². The van der Waals surface area contributed by atoms with Crippen molar-refractivity contribution in [2.45, 2.75) is 23.4 Å². The van der Waals surface area contributed by atoms with Crippen molar-refractivity contribution in [1.82, 2.24) is 10.3 Å². The fourth-order valence-electron chi connectivity index (χ4n) is 2.94. The predicted molar refractivity (Wildman–Crippen MR) is 105 cm³/mol. The highest BCUT2D eigenvalue weighted by Crippen LogP contribution is 2.37. The number of anilines is 2. The first-order chi connectivity index (χ1) is 13.0. The lowest BCUT2D eigenvalue weighted by Gasteiger charge is -2.30. The quantitative estimate of drug-likeness (QED) is 0.614. The summed E-state index contributed by atoms with van der Waals surface area (Å²) >= 11 is 7.46. The van der Waals surface area contributed by atoms with Gasteiger partial charge in [0.1, 0.15) is 10.8 Å². The summed E-state index contributed by atoms with van der Waals surface area (Å²) in [5.41, 5.74) is 3.33. The summed E-state index contributed by atoms with van der Waals surface area (Å²) in [6.45, 7) is 2.31. The van der Waals surface area contributed by atoms with Gasteiger partial charge < -0.3 is 5.32 Å². The number of aryl methyl sites for hydroxylation is 1. The lowest BCUT2D eigenvalue weighted by atomic mass is 10.1. The van der Waals surface area contributed by atoms with Crippen LogP contribution in [0.4, 0.5) is 20.6 Å². The van der Waals surface area contributed by atoms with E-state index in [0.717, 1.165) is 32.6 Å². The summed E-state index contributed by atoms with van der Waals surface area (Å²) in [7, 11) is 0. The number of fused-ring (bicyclic) bond motifs is 1. The zero-order valence-corrected chi connectivity index (χ0v) is 15.9. The number of benzene rings is 2. The molecule has 0 bridgehead atoms. The molecular formula is C20H15ClFN3OS. The van der Waals surface area contributed by atoms with Gasteiger partial charge in [0.05, 0.1) is 28.6 Å². The van der Waals surface area contributed by atoms with Crippen LogP contribution >= 0.6 is 23.4 Å². The number of carbonyl (C=O) groups is 1. The number of urea groups is 1. The Morgan fingerprint density at radius 2 is 1.96 bits per heavy atom. The molecule has 0 saturated carbocycles. The third-order valence-electron chi connectivity index (χ3n) is 4.24. The van der Waals surface area contributed by atoms with Gasteiger partial charge in [-0.25, -0.2) is 14.2 Å². The maximum absolute atomic E-state index is 13.2. The second kappa shape index (κ2) is 7.21. The Bertz CT molecular complexity index is 1040. The Morgan fingerprint density at radius 3 is 2.74 bits per heavy atom. The van der Waals surface area contributed by atoms with Gasteiger partial charge >= 0.3 is 6.03 Å². The third-order valence-corrected chi connectivity index (χ3v) is 5.68. The minimum Gasteiger partial charge on any atom is -0.332 e. The largest absolute Gasteiger partial charge is 0.332 e. The molecule has 0 fully saturated rings. The molecular weight excluding hydrogens is 385 g/mol. The van der Waals surface area contributed by atoms with E-state index >= 15 is 0 Å². The summed E-state index contributed by atoms with van der Waals surface area (Å²) in [6.07, 6.45) is 0. The zero-order valence-electron chi connectivity index (χ0n) is 14.4. The van der Waals surface area contributed by atoms with E-state index in [1.54, 1.807) is 11.0 Å². The molecule has 1 aliphatic heterocycles. The van der Waals surface area contributed by atoms with Crippen molar-refractivity contribution < 1.29 is 9.18 Å². The maximum Gasteiger partial charge on any atom is 0.326 e. The Morgan fingerprint density at radius 1 is 1.15 bits per heavy atom. The molecule has 3 aromatic rings. The average molecular weight is 400 g/mol. The monoisotopic (exact) mass is 399 g/mol. The van der Waals surface area contributed by atoms with Crippen molar-refractivity contribution in [2.24, 2.45) is 0 Å². The number of nitrogens with one attached hydrogen (secondary N) is 1. The summed E-state index contributed by atoms with van der Waals surface area (Å²) < 4.78 is 13.2. The normalized spacial score (nSPS) is 13.3. The van der Waals surface area contributed by atoms with Crippen LogP contribution in [0.25, 0.3) is 0 Å². The molecule has 1 N–H and O–H groups in total. The first-order valence-electron chi connectivity index (χ1n) is 8.29. The first kappa shape index (κ1) is 17.8. The van der Waals surface area contributed by atoms with Crippen molar-refractivity contribution in [2.75, 3.05) is 4.90 Å². The summed E-state index contributed by atoms with van der Waals surface area (Å²) in [5.74, 6) is -0.376. The van der Waals surface area contributed by atoms with E-state index in [-0.39, 0.29) is 11.8 Å². The van der Waals surface area contributed by atoms with Crippen LogP contribution < -0.4 is 10.2 Å². The molecule has 0 spiro atoms. The van der Waals surface area contributed by atoms with Crippen molar-refractivity contribution in [1.29, 1.82) is 0 Å². The van der Waals surface area contributed by atoms with E-state index in [1.807, 2.05) is 43.3 Å². The molecule has 136 valence electrons. The topological polar surface area (TPSA) is 45.2 Å². The number of halogens is 2. The standard InChI is InChI=1S/C20H15ClFN3OS/c1-12-4-2-3-5-16(12)25-17-7-9-19(24-15(17)11-23-20(25)26)27-18-8-6-13(22)10-14(18)21/h2-10H,11H2,1H3,(H,23,26). The van der Waals surface area contributed by atoms with Crippen LogP contribution in [-0.2, 0) is 6.54 Å². The predicted octanol–water partition coefficient (Wildman–Crippen LogP) is 5.70. The molecule has 27 heavy (non-hydrogen) atoms. The van der Waals surface area contributed by atoms with Crippen LogP contribution in [-0.4, -0.2) is 11.0 Å². The number of rotatable bonds is 3. The third kappa shape index (κ3) is 3.50. The zero-order chi connectivity index (χ0) is 19.0. The number of para-hydroxylation sites is 1. The average Bonchev–Trinajstić information content (AvgIpc) is 2.65. The lowest BCUT2D eigenvalue weighted by Crippen LogP contribution is -2.41. The molecule has 0 atom stereocenters. The van der Waals surface area contributed by atoms with Crippen molar-refractivity contribution in [3.05, 3.63) is 76.7 Å². The van der Waals surface area contributed by atoms with Gasteiger partial charge in [0.15, 0.2) is 0 Å². The van der Waals surface area contributed by atoms with Gasteiger partial charge in [-0.05, 0) is 48.9 Å². The number of hydrogen-bond acceptors (Lipinski definition) is 3. The van der Waals surface area contributed by atoms with Crippen molar-refractivity contribution in [3.8, 4) is 0 Å². The fourth-order valence-corrected chi connectivity index (χ4v) is 4.03. The summed E-state index contributed by atoms with van der Waals surface area (Å²) in [5, 5.41) is 3.93. The second-order valence-electron chi connectivity index (χ2n) is 6.07. The molecule has 4 nitrogen and oxygen atoms in total. The van der Waals surface area contributed by atoms with Gasteiger partial charge in [-0.15, -0.1) is 0 Å². The highest BCUT2D eigenvalue weighted by Gasteiger charge is 2.27. The van der Waals surface area contributed by atoms with E-state index in [0.29, 0.717) is 11.6 Å². The van der Waals surface area contributed by atoms with Crippen molar-refractivity contribution in [3.63, 3.8) is 0 Å². The van der Waals surface area contributed by atoms with Crippen LogP contribution in [0.1, 0.15) is 11.3 Å². The lowest BCUT2D eigenvalue weighted by molar-refractivity contribution is 0.246. The maximum atomic E-state index is 13.2. The number of aromatic nitrogens is 1. The molecule has 0 unspecified atom stereocenters.